The summed E-state index contributed by atoms with van der Waals surface area (Å²) in [6.45, 7) is 7.34. The second-order valence-corrected chi connectivity index (χ2v) is 7.21. The fourth-order valence-electron chi connectivity index (χ4n) is 2.01. The van der Waals surface area contributed by atoms with Crippen molar-refractivity contribution in [2.75, 3.05) is 11.9 Å². The van der Waals surface area contributed by atoms with Crippen LogP contribution < -0.4 is 5.32 Å². The van der Waals surface area contributed by atoms with Crippen molar-refractivity contribution in [3.63, 3.8) is 0 Å². The van der Waals surface area contributed by atoms with Gasteiger partial charge in [0.2, 0.25) is 0 Å². The van der Waals surface area contributed by atoms with E-state index in [9.17, 15) is 9.59 Å². The van der Waals surface area contributed by atoms with Crippen molar-refractivity contribution >= 4 is 40.2 Å². The number of nitrogens with zero attached hydrogens (tertiary/aromatic N) is 1. The summed E-state index contributed by atoms with van der Waals surface area (Å²) in [7, 11) is 0. The molecule has 1 aromatic carbocycles. The van der Waals surface area contributed by atoms with Crippen molar-refractivity contribution in [1.29, 1.82) is 0 Å². The molecule has 0 saturated carbocycles. The molecule has 0 bridgehead atoms. The lowest BCUT2D eigenvalue weighted by Crippen LogP contribution is -2.27. The van der Waals surface area contributed by atoms with E-state index in [1.807, 2.05) is 30.3 Å². The van der Waals surface area contributed by atoms with Crippen molar-refractivity contribution in [2.45, 2.75) is 33.3 Å². The first-order valence-electron chi connectivity index (χ1n) is 8.18. The van der Waals surface area contributed by atoms with Gasteiger partial charge >= 0.3 is 12.1 Å². The van der Waals surface area contributed by atoms with Gasteiger partial charge in [0.15, 0.2) is 5.13 Å². The Bertz CT molecular complexity index is 791. The van der Waals surface area contributed by atoms with Crippen molar-refractivity contribution in [3.05, 3.63) is 47.0 Å². The number of hydrogen-bond acceptors (Lipinski definition) is 6. The van der Waals surface area contributed by atoms with Gasteiger partial charge in [-0.2, -0.15) is 0 Å². The summed E-state index contributed by atoms with van der Waals surface area (Å²) in [5.74, 6) is -0.467. The maximum absolute atomic E-state index is 12.3. The summed E-state index contributed by atoms with van der Waals surface area (Å²) in [5, 5.41) is 4.61. The average Bonchev–Trinajstić information content (AvgIpc) is 3.00. The number of carbonyl (C=O) groups is 2. The molecule has 2 rings (SSSR count). The van der Waals surface area contributed by atoms with E-state index in [1.54, 1.807) is 39.2 Å². The summed E-state index contributed by atoms with van der Waals surface area (Å²) < 4.78 is 10.3. The van der Waals surface area contributed by atoms with Crippen molar-refractivity contribution in [3.8, 4) is 0 Å². The van der Waals surface area contributed by atoms with E-state index < -0.39 is 17.7 Å². The zero-order valence-corrected chi connectivity index (χ0v) is 16.1. The minimum Gasteiger partial charge on any atom is -0.462 e. The van der Waals surface area contributed by atoms with E-state index >= 15 is 0 Å². The van der Waals surface area contributed by atoms with Crippen LogP contribution in [0.2, 0.25) is 0 Å². The fraction of sp³-hybridized carbons (Fsp3) is 0.316. The molecule has 1 heterocycles. The average molecular weight is 374 g/mol. The highest BCUT2D eigenvalue weighted by Gasteiger charge is 2.20. The molecule has 0 aliphatic heterocycles. The molecule has 0 aliphatic rings. The lowest BCUT2D eigenvalue weighted by atomic mass is 10.1. The number of anilines is 1. The molecule has 26 heavy (non-hydrogen) atoms. The Labute approximate surface area is 156 Å². The molecule has 1 N–H and O–H groups in total. The lowest BCUT2D eigenvalue weighted by Gasteiger charge is -2.18. The molecule has 1 amide bonds. The Hall–Kier alpha value is -2.67. The lowest BCUT2D eigenvalue weighted by molar-refractivity contribution is -0.136. The monoisotopic (exact) mass is 374 g/mol. The van der Waals surface area contributed by atoms with Crippen LogP contribution >= 0.6 is 11.3 Å². The van der Waals surface area contributed by atoms with E-state index in [2.05, 4.69) is 10.3 Å². The molecular weight excluding hydrogens is 352 g/mol. The SMILES string of the molecule is CCOC(=O)C(=Cc1ccccc1)c1csc(NC(=O)OC(C)(C)C)n1. The van der Waals surface area contributed by atoms with Gasteiger partial charge in [-0.3, -0.25) is 5.32 Å². The number of thiazole rings is 1. The molecular formula is C19H22N2O4S. The third kappa shape index (κ3) is 6.00. The van der Waals surface area contributed by atoms with Crippen LogP contribution in [0.1, 0.15) is 39.0 Å². The van der Waals surface area contributed by atoms with Gasteiger partial charge < -0.3 is 9.47 Å². The molecule has 0 aliphatic carbocycles. The summed E-state index contributed by atoms with van der Waals surface area (Å²) in [5.41, 5.74) is 1.01. The number of aromatic nitrogens is 1. The number of amides is 1. The predicted molar refractivity (Wildman–Crippen MR) is 103 cm³/mol. The first kappa shape index (κ1) is 19.7. The van der Waals surface area contributed by atoms with Crippen molar-refractivity contribution < 1.29 is 19.1 Å². The fourth-order valence-corrected chi connectivity index (χ4v) is 2.70. The van der Waals surface area contributed by atoms with E-state index in [0.717, 1.165) is 5.56 Å². The Kier molecular flexibility index (Phi) is 6.52. The molecule has 1 aromatic heterocycles. The molecule has 0 atom stereocenters. The molecule has 0 fully saturated rings. The zero-order chi connectivity index (χ0) is 19.2. The molecule has 6 nitrogen and oxygen atoms in total. The van der Waals surface area contributed by atoms with Crippen molar-refractivity contribution in [2.24, 2.45) is 0 Å². The van der Waals surface area contributed by atoms with Gasteiger partial charge in [-0.25, -0.2) is 14.6 Å². The van der Waals surface area contributed by atoms with Crippen LogP contribution in [-0.2, 0) is 14.3 Å². The summed E-state index contributed by atoms with van der Waals surface area (Å²) in [6, 6.07) is 9.42. The number of carbonyl (C=O) groups excluding carboxylic acids is 2. The topological polar surface area (TPSA) is 77.5 Å². The molecule has 138 valence electrons. The second-order valence-electron chi connectivity index (χ2n) is 6.35. The van der Waals surface area contributed by atoms with Crippen LogP contribution in [0.5, 0.6) is 0 Å². The minimum absolute atomic E-state index is 0.262. The van der Waals surface area contributed by atoms with Gasteiger partial charge in [0, 0.05) is 5.38 Å². The van der Waals surface area contributed by atoms with Gasteiger partial charge in [-0.05, 0) is 39.3 Å². The minimum atomic E-state index is -0.604. The Morgan fingerprint density at radius 2 is 1.92 bits per heavy atom. The van der Waals surface area contributed by atoms with Gasteiger partial charge in [-0.15, -0.1) is 11.3 Å². The Balaban J connectivity index is 2.24. The molecule has 2 aromatic rings. The highest BCUT2D eigenvalue weighted by Crippen LogP contribution is 2.25. The zero-order valence-electron chi connectivity index (χ0n) is 15.2. The summed E-state index contributed by atoms with van der Waals surface area (Å²) in [4.78, 5) is 28.5. The second kappa shape index (κ2) is 8.62. The number of nitrogens with one attached hydrogen (secondary N) is 1. The normalized spacial score (nSPS) is 11.8. The molecule has 0 spiro atoms. The maximum Gasteiger partial charge on any atom is 0.413 e. The highest BCUT2D eigenvalue weighted by molar-refractivity contribution is 7.14. The molecule has 0 unspecified atom stereocenters. The standard InChI is InChI=1S/C19H22N2O4S/c1-5-24-16(22)14(11-13-9-7-6-8-10-13)15-12-26-17(20-15)21-18(23)25-19(2,3)4/h6-12H,5H2,1-4H3,(H,20,21,23). The third-order valence-corrected chi connectivity index (χ3v) is 3.75. The molecule has 7 heteroatoms. The van der Waals surface area contributed by atoms with E-state index in [-0.39, 0.29) is 6.61 Å². The molecule has 0 saturated heterocycles. The number of benzene rings is 1. The van der Waals surface area contributed by atoms with Gasteiger partial charge in [0.25, 0.3) is 0 Å². The van der Waals surface area contributed by atoms with Crippen LogP contribution in [0.4, 0.5) is 9.93 Å². The summed E-state index contributed by atoms with van der Waals surface area (Å²) >= 11 is 1.21. The van der Waals surface area contributed by atoms with Crippen LogP contribution in [0.25, 0.3) is 11.6 Å². The number of ether oxygens (including phenoxy) is 2. The van der Waals surface area contributed by atoms with Gasteiger partial charge in [0.05, 0.1) is 17.9 Å². The predicted octanol–water partition coefficient (Wildman–Crippen LogP) is 4.59. The maximum atomic E-state index is 12.3. The Morgan fingerprint density at radius 1 is 1.23 bits per heavy atom. The quantitative estimate of drug-likeness (QED) is 0.611. The number of hydrogen-bond donors (Lipinski definition) is 1. The molecule has 0 radical (unpaired) electrons. The van der Waals surface area contributed by atoms with Crippen LogP contribution in [0.15, 0.2) is 35.7 Å². The first-order valence-corrected chi connectivity index (χ1v) is 9.06. The van der Waals surface area contributed by atoms with Crippen LogP contribution in [-0.4, -0.2) is 29.3 Å². The van der Waals surface area contributed by atoms with Crippen molar-refractivity contribution in [1.82, 2.24) is 4.98 Å². The van der Waals surface area contributed by atoms with Gasteiger partial charge in [-0.1, -0.05) is 30.3 Å². The summed E-state index contributed by atoms with van der Waals surface area (Å²) in [6.07, 6.45) is 1.12. The van der Waals surface area contributed by atoms with E-state index in [1.165, 1.54) is 11.3 Å². The van der Waals surface area contributed by atoms with Crippen LogP contribution in [0, 0.1) is 0 Å². The van der Waals surface area contributed by atoms with E-state index in [0.29, 0.717) is 16.4 Å². The largest absolute Gasteiger partial charge is 0.462 e. The van der Waals surface area contributed by atoms with E-state index in [4.69, 9.17) is 9.47 Å². The number of rotatable bonds is 5. The highest BCUT2D eigenvalue weighted by atomic mass is 32.1. The smallest absolute Gasteiger partial charge is 0.413 e. The third-order valence-electron chi connectivity index (χ3n) is 2.99. The Morgan fingerprint density at radius 3 is 2.54 bits per heavy atom. The van der Waals surface area contributed by atoms with Gasteiger partial charge in [0.1, 0.15) is 5.60 Å². The van der Waals surface area contributed by atoms with Crippen LogP contribution in [0.3, 0.4) is 0 Å². The number of esters is 1. The first-order chi connectivity index (χ1) is 12.3.